The summed E-state index contributed by atoms with van der Waals surface area (Å²) < 4.78 is 57.6. The van der Waals surface area contributed by atoms with Crippen LogP contribution >= 0.6 is 0 Å². The molecule has 0 radical (unpaired) electrons. The Labute approximate surface area is 266 Å². The van der Waals surface area contributed by atoms with Crippen molar-refractivity contribution in [2.75, 3.05) is 29.7 Å². The topological polar surface area (TPSA) is 129 Å². The average Bonchev–Trinajstić information content (AvgIpc) is 3.44. The fraction of sp³-hybridized carbons (Fsp3) is 0.242. The van der Waals surface area contributed by atoms with Crippen molar-refractivity contribution in [1.82, 2.24) is 19.4 Å². The van der Waals surface area contributed by atoms with Gasteiger partial charge in [-0.25, -0.2) is 27.2 Å². The number of nitrogens with zero attached hydrogens (tertiary/aromatic N) is 4. The van der Waals surface area contributed by atoms with E-state index in [0.29, 0.717) is 11.5 Å². The molecule has 0 atom stereocenters. The first-order valence-corrected chi connectivity index (χ1v) is 16.2. The van der Waals surface area contributed by atoms with E-state index >= 15 is 0 Å². The van der Waals surface area contributed by atoms with Gasteiger partial charge in [0.25, 0.3) is 16.5 Å². The first kappa shape index (κ1) is 34.0. The number of sulfonamides is 1. The summed E-state index contributed by atoms with van der Waals surface area (Å²) in [4.78, 5) is 18.6. The number of anilines is 3. The third-order valence-electron chi connectivity index (χ3n) is 7.35. The second-order valence-corrected chi connectivity index (χ2v) is 11.9. The molecule has 0 bridgehead atoms. The van der Waals surface area contributed by atoms with E-state index in [2.05, 4.69) is 73.8 Å². The van der Waals surface area contributed by atoms with Crippen LogP contribution in [0.25, 0.3) is 22.2 Å². The second-order valence-electron chi connectivity index (χ2n) is 10.3. The predicted molar refractivity (Wildman–Crippen MR) is 176 cm³/mol. The summed E-state index contributed by atoms with van der Waals surface area (Å²) in [5.74, 6) is -1.77. The number of unbranched alkanes of at least 4 members (excludes halogenated alkanes) is 1. The number of fused-ring (bicyclic) bond motifs is 1. The lowest BCUT2D eigenvalue weighted by Crippen LogP contribution is -2.24. The van der Waals surface area contributed by atoms with Gasteiger partial charge in [0.15, 0.2) is 4.90 Å². The molecule has 2 heterocycles. The van der Waals surface area contributed by atoms with Crippen LogP contribution in [0.5, 0.6) is 0 Å². The molecule has 0 aliphatic heterocycles. The normalized spacial score (nSPS) is 11.2. The van der Waals surface area contributed by atoms with Crippen LogP contribution in [0.15, 0.2) is 90.2 Å². The molecule has 0 saturated carbocycles. The van der Waals surface area contributed by atoms with Gasteiger partial charge in [-0.15, -0.1) is 0 Å². The van der Waals surface area contributed by atoms with E-state index < -0.39 is 26.6 Å². The Bertz CT molecular complexity index is 1840. The molecule has 10 nitrogen and oxygen atoms in total. The quantitative estimate of drug-likeness (QED) is 0.0944. The van der Waals surface area contributed by atoms with Crippen molar-refractivity contribution in [3.05, 3.63) is 97.0 Å². The zero-order valence-corrected chi connectivity index (χ0v) is 26.3. The molecule has 0 saturated heterocycles. The zero-order valence-electron chi connectivity index (χ0n) is 25.5. The fourth-order valence-electron chi connectivity index (χ4n) is 5.01. The average molecular weight is 651 g/mol. The molecule has 13 heteroatoms. The Balaban J connectivity index is 0.00000154. The highest BCUT2D eigenvalue weighted by molar-refractivity contribution is 7.92. The zero-order chi connectivity index (χ0) is 33.1. The lowest BCUT2D eigenvalue weighted by molar-refractivity contribution is -0.122. The molecule has 0 spiro atoms. The summed E-state index contributed by atoms with van der Waals surface area (Å²) in [7, 11) is -4.45. The van der Waals surface area contributed by atoms with E-state index in [4.69, 9.17) is 9.90 Å². The van der Waals surface area contributed by atoms with E-state index in [1.165, 1.54) is 30.4 Å². The van der Waals surface area contributed by atoms with Gasteiger partial charge in [0.2, 0.25) is 0 Å². The Hall–Kier alpha value is -4.88. The lowest BCUT2D eigenvalue weighted by atomic mass is 10.1. The maximum Gasteiger partial charge on any atom is 0.290 e. The van der Waals surface area contributed by atoms with Gasteiger partial charge in [0.05, 0.1) is 5.69 Å². The van der Waals surface area contributed by atoms with Crippen LogP contribution in [0.2, 0.25) is 0 Å². The van der Waals surface area contributed by atoms with Crippen molar-refractivity contribution >= 4 is 44.6 Å². The van der Waals surface area contributed by atoms with Crippen LogP contribution in [0.3, 0.4) is 0 Å². The molecule has 2 aromatic heterocycles. The Morgan fingerprint density at radius 3 is 2.26 bits per heavy atom. The summed E-state index contributed by atoms with van der Waals surface area (Å²) in [6, 6.07) is 19.4. The first-order chi connectivity index (χ1) is 22.2. The maximum absolute atomic E-state index is 14.0. The number of aryl methyl sites for hydroxylation is 1. The van der Waals surface area contributed by atoms with Crippen LogP contribution in [-0.2, 0) is 21.4 Å². The SMILES string of the molecule is CCN(CC)CCCCn1ccc2cc(-c3cc(Nc4ccc(NS(=O)(=O)c5c(F)cccc5F)cc4)ncn3)ccc21.O=CO. The number of rotatable bonds is 13. The van der Waals surface area contributed by atoms with E-state index in [9.17, 15) is 17.2 Å². The van der Waals surface area contributed by atoms with E-state index in [-0.39, 0.29) is 12.2 Å². The third-order valence-corrected chi connectivity index (χ3v) is 8.78. The van der Waals surface area contributed by atoms with Crippen molar-refractivity contribution < 1.29 is 27.1 Å². The molecule has 0 aliphatic carbocycles. The number of hydrogen-bond donors (Lipinski definition) is 3. The highest BCUT2D eigenvalue weighted by Crippen LogP contribution is 2.27. The minimum atomic E-state index is -4.45. The summed E-state index contributed by atoms with van der Waals surface area (Å²) in [5.41, 5.74) is 3.69. The molecule has 0 amide bonds. The smallest absolute Gasteiger partial charge is 0.290 e. The number of carboxylic acid groups (broad SMARTS) is 1. The van der Waals surface area contributed by atoms with Crippen molar-refractivity contribution in [3.63, 3.8) is 0 Å². The van der Waals surface area contributed by atoms with E-state index in [1.807, 2.05) is 6.07 Å². The summed E-state index contributed by atoms with van der Waals surface area (Å²) >= 11 is 0. The minimum Gasteiger partial charge on any atom is -0.483 e. The van der Waals surface area contributed by atoms with Gasteiger partial charge in [-0.1, -0.05) is 26.0 Å². The minimum absolute atomic E-state index is 0.153. The Kier molecular flexibility index (Phi) is 11.8. The fourth-order valence-corrected chi connectivity index (χ4v) is 6.21. The molecule has 0 unspecified atom stereocenters. The predicted octanol–water partition coefficient (Wildman–Crippen LogP) is 6.74. The summed E-state index contributed by atoms with van der Waals surface area (Å²) in [5, 5.41) is 11.2. The molecule has 5 aromatic rings. The molecule has 46 heavy (non-hydrogen) atoms. The van der Waals surface area contributed by atoms with Crippen molar-refractivity contribution in [1.29, 1.82) is 0 Å². The number of nitrogens with one attached hydrogen (secondary N) is 2. The van der Waals surface area contributed by atoms with E-state index in [1.54, 1.807) is 12.1 Å². The summed E-state index contributed by atoms with van der Waals surface area (Å²) in [6.07, 6.45) is 5.91. The van der Waals surface area contributed by atoms with Crippen LogP contribution in [0, 0.1) is 11.6 Å². The van der Waals surface area contributed by atoms with Gasteiger partial charge in [-0.05, 0) is 87.1 Å². The van der Waals surface area contributed by atoms with Gasteiger partial charge >= 0.3 is 0 Å². The molecule has 0 fully saturated rings. The maximum atomic E-state index is 14.0. The number of carbonyl (C=O) groups is 1. The van der Waals surface area contributed by atoms with Crippen molar-refractivity contribution in [3.8, 4) is 11.3 Å². The summed E-state index contributed by atoms with van der Waals surface area (Å²) in [6.45, 7) is 8.43. The van der Waals surface area contributed by atoms with Crippen LogP contribution in [0.1, 0.15) is 26.7 Å². The van der Waals surface area contributed by atoms with Gasteiger partial charge < -0.3 is 19.9 Å². The highest BCUT2D eigenvalue weighted by atomic mass is 32.2. The van der Waals surface area contributed by atoms with Gasteiger partial charge in [-0.3, -0.25) is 9.52 Å². The van der Waals surface area contributed by atoms with Crippen molar-refractivity contribution in [2.45, 2.75) is 38.1 Å². The molecule has 5 rings (SSSR count). The number of benzene rings is 3. The van der Waals surface area contributed by atoms with E-state index in [0.717, 1.165) is 67.4 Å². The molecular weight excluding hydrogens is 614 g/mol. The first-order valence-electron chi connectivity index (χ1n) is 14.7. The molecule has 0 aliphatic rings. The van der Waals surface area contributed by atoms with Crippen molar-refractivity contribution in [2.24, 2.45) is 0 Å². The Morgan fingerprint density at radius 1 is 0.913 bits per heavy atom. The third kappa shape index (κ3) is 8.64. The number of aromatic nitrogens is 3. The second kappa shape index (κ2) is 15.9. The molecule has 3 N–H and O–H groups in total. The van der Waals surface area contributed by atoms with Crippen LogP contribution in [-0.4, -0.2) is 59.1 Å². The largest absolute Gasteiger partial charge is 0.483 e. The van der Waals surface area contributed by atoms with Crippen LogP contribution < -0.4 is 10.0 Å². The van der Waals surface area contributed by atoms with Gasteiger partial charge in [-0.2, -0.15) is 0 Å². The molecule has 242 valence electrons. The standard InChI is InChI=1S/C32H34F2N6O2S.CH2O2/c1-3-39(4-2)17-5-6-18-40-19-16-24-20-23(10-15-30(24)40)29-21-31(36-22-35-29)37-25-11-13-26(14-12-25)38-43(41,42)32-27(33)8-7-9-28(32)34;2-1-3/h7-16,19-22,38H,3-6,17-18H2,1-2H3,(H,35,36,37);1H,(H,2,3). The van der Waals surface area contributed by atoms with Crippen LogP contribution in [0.4, 0.5) is 26.0 Å². The highest BCUT2D eigenvalue weighted by Gasteiger charge is 2.23. The number of halogens is 2. The van der Waals surface area contributed by atoms with Gasteiger partial charge in [0, 0.05) is 46.6 Å². The monoisotopic (exact) mass is 650 g/mol. The van der Waals surface area contributed by atoms with Gasteiger partial charge in [0.1, 0.15) is 23.8 Å². The lowest BCUT2D eigenvalue weighted by Gasteiger charge is -2.17. The number of hydrogen-bond acceptors (Lipinski definition) is 7. The Morgan fingerprint density at radius 2 is 1.59 bits per heavy atom. The molecule has 3 aromatic carbocycles. The molecular formula is C33H36F2N6O4S.